The van der Waals surface area contributed by atoms with Crippen LogP contribution in [0.5, 0.6) is 0 Å². The van der Waals surface area contributed by atoms with Crippen LogP contribution in [0.15, 0.2) is 48.5 Å². The van der Waals surface area contributed by atoms with Gasteiger partial charge in [-0.25, -0.2) is 4.39 Å². The van der Waals surface area contributed by atoms with Crippen LogP contribution in [0.1, 0.15) is 25.8 Å². The van der Waals surface area contributed by atoms with E-state index in [1.54, 1.807) is 50.2 Å². The maximum absolute atomic E-state index is 13.9. The molecular formula is C21H21FN2O4. The van der Waals surface area contributed by atoms with Crippen molar-refractivity contribution in [3.63, 3.8) is 0 Å². The van der Waals surface area contributed by atoms with E-state index in [1.807, 2.05) is 0 Å². The molecule has 1 aliphatic rings. The number of aliphatic carboxylic acids is 1. The number of nitrogens with zero attached hydrogens (tertiary/aromatic N) is 1. The molecule has 2 aromatic carbocycles. The molecule has 6 nitrogen and oxygen atoms in total. The third-order valence-electron chi connectivity index (χ3n) is 5.05. The van der Waals surface area contributed by atoms with Crippen LogP contribution >= 0.6 is 0 Å². The first-order chi connectivity index (χ1) is 13.2. The van der Waals surface area contributed by atoms with Crippen molar-refractivity contribution in [2.45, 2.75) is 25.7 Å². The van der Waals surface area contributed by atoms with Crippen LogP contribution in [0.25, 0.3) is 0 Å². The van der Waals surface area contributed by atoms with Crippen LogP contribution in [-0.4, -0.2) is 29.4 Å². The van der Waals surface area contributed by atoms with Gasteiger partial charge in [0.1, 0.15) is 5.82 Å². The predicted octanol–water partition coefficient (Wildman–Crippen LogP) is 3.18. The van der Waals surface area contributed by atoms with Gasteiger partial charge in [-0.2, -0.15) is 0 Å². The number of benzene rings is 2. The highest BCUT2D eigenvalue weighted by atomic mass is 19.1. The number of rotatable bonds is 5. The van der Waals surface area contributed by atoms with E-state index in [9.17, 15) is 23.9 Å². The van der Waals surface area contributed by atoms with E-state index in [1.165, 1.54) is 17.0 Å². The Labute approximate surface area is 162 Å². The fourth-order valence-electron chi connectivity index (χ4n) is 3.12. The van der Waals surface area contributed by atoms with E-state index in [-0.39, 0.29) is 30.5 Å². The van der Waals surface area contributed by atoms with Crippen molar-refractivity contribution >= 4 is 29.2 Å². The molecule has 7 heteroatoms. The van der Waals surface area contributed by atoms with Crippen molar-refractivity contribution in [1.29, 1.82) is 0 Å². The van der Waals surface area contributed by atoms with Gasteiger partial charge in [0.25, 0.3) is 0 Å². The molecule has 0 radical (unpaired) electrons. The lowest BCUT2D eigenvalue weighted by Gasteiger charge is -2.20. The van der Waals surface area contributed by atoms with Gasteiger partial charge in [-0.05, 0) is 43.7 Å². The third-order valence-corrected chi connectivity index (χ3v) is 5.05. The highest BCUT2D eigenvalue weighted by Gasteiger charge is 2.36. The van der Waals surface area contributed by atoms with Crippen LogP contribution in [0, 0.1) is 11.7 Å². The van der Waals surface area contributed by atoms with E-state index in [0.717, 1.165) is 0 Å². The maximum Gasteiger partial charge on any atom is 0.313 e. The number of carboxylic acids is 1. The molecular weight excluding hydrogens is 363 g/mol. The molecule has 1 saturated heterocycles. The second kappa shape index (κ2) is 7.42. The molecule has 0 aliphatic carbocycles. The molecule has 1 aliphatic heterocycles. The van der Waals surface area contributed by atoms with Gasteiger partial charge in [0, 0.05) is 18.7 Å². The Morgan fingerprint density at radius 3 is 2.39 bits per heavy atom. The number of carbonyl (C=O) groups excluding carboxylic acids is 2. The Kier molecular flexibility index (Phi) is 5.18. The molecule has 1 atom stereocenters. The number of hydrogen-bond acceptors (Lipinski definition) is 3. The zero-order chi connectivity index (χ0) is 20.5. The van der Waals surface area contributed by atoms with Crippen molar-refractivity contribution in [1.82, 2.24) is 0 Å². The van der Waals surface area contributed by atoms with E-state index in [2.05, 4.69) is 5.32 Å². The van der Waals surface area contributed by atoms with Crippen LogP contribution in [-0.2, 0) is 19.8 Å². The fraction of sp³-hybridized carbons (Fsp3) is 0.286. The summed E-state index contributed by atoms with van der Waals surface area (Å²) in [4.78, 5) is 37.4. The number of amides is 2. The Bertz CT molecular complexity index is 924. The molecule has 2 aromatic rings. The molecule has 1 heterocycles. The van der Waals surface area contributed by atoms with Gasteiger partial charge in [0.15, 0.2) is 0 Å². The molecule has 1 fully saturated rings. The summed E-state index contributed by atoms with van der Waals surface area (Å²) >= 11 is 0. The first-order valence-corrected chi connectivity index (χ1v) is 8.90. The SMILES string of the molecule is CC(C)(C(=O)O)c1ccc(NC(=O)C2CC(=O)N(c3ccccc3F)C2)cc1. The Morgan fingerprint density at radius 2 is 1.79 bits per heavy atom. The lowest BCUT2D eigenvalue weighted by Crippen LogP contribution is -2.29. The van der Waals surface area contributed by atoms with Gasteiger partial charge >= 0.3 is 5.97 Å². The average molecular weight is 384 g/mol. The largest absolute Gasteiger partial charge is 0.481 e. The van der Waals surface area contributed by atoms with E-state index in [0.29, 0.717) is 11.3 Å². The second-order valence-corrected chi connectivity index (χ2v) is 7.35. The smallest absolute Gasteiger partial charge is 0.313 e. The summed E-state index contributed by atoms with van der Waals surface area (Å²) in [5.74, 6) is -2.68. The monoisotopic (exact) mass is 384 g/mol. The van der Waals surface area contributed by atoms with Gasteiger partial charge in [0.05, 0.1) is 17.0 Å². The zero-order valence-corrected chi connectivity index (χ0v) is 15.6. The molecule has 2 amide bonds. The van der Waals surface area contributed by atoms with Crippen LogP contribution in [0.3, 0.4) is 0 Å². The van der Waals surface area contributed by atoms with Gasteiger partial charge < -0.3 is 15.3 Å². The van der Waals surface area contributed by atoms with Crippen molar-refractivity contribution < 1.29 is 23.9 Å². The van der Waals surface area contributed by atoms with Gasteiger partial charge in [-0.1, -0.05) is 24.3 Å². The minimum atomic E-state index is -1.04. The molecule has 3 rings (SSSR count). The summed E-state index contributed by atoms with van der Waals surface area (Å²) in [6.07, 6.45) is 0.00426. The first-order valence-electron chi connectivity index (χ1n) is 8.90. The van der Waals surface area contributed by atoms with E-state index >= 15 is 0 Å². The topological polar surface area (TPSA) is 86.7 Å². The van der Waals surface area contributed by atoms with Crippen LogP contribution in [0.2, 0.25) is 0 Å². The zero-order valence-electron chi connectivity index (χ0n) is 15.6. The van der Waals surface area contributed by atoms with Crippen molar-refractivity contribution in [2.24, 2.45) is 5.92 Å². The molecule has 146 valence electrons. The number of hydrogen-bond donors (Lipinski definition) is 2. The normalized spacial score (nSPS) is 16.9. The molecule has 0 saturated carbocycles. The lowest BCUT2D eigenvalue weighted by molar-refractivity contribution is -0.142. The van der Waals surface area contributed by atoms with Crippen molar-refractivity contribution in [2.75, 3.05) is 16.8 Å². The van der Waals surface area contributed by atoms with Crippen molar-refractivity contribution in [3.05, 3.63) is 59.9 Å². The van der Waals surface area contributed by atoms with E-state index in [4.69, 9.17) is 0 Å². The number of nitrogens with one attached hydrogen (secondary N) is 1. The molecule has 1 unspecified atom stereocenters. The van der Waals surface area contributed by atoms with Crippen LogP contribution in [0.4, 0.5) is 15.8 Å². The Balaban J connectivity index is 1.68. The third kappa shape index (κ3) is 3.74. The molecule has 0 spiro atoms. The van der Waals surface area contributed by atoms with E-state index < -0.39 is 23.1 Å². The molecule has 28 heavy (non-hydrogen) atoms. The standard InChI is InChI=1S/C21H21FN2O4/c1-21(2,20(27)28)14-7-9-15(10-8-14)23-19(26)13-11-18(25)24(12-13)17-6-4-3-5-16(17)22/h3-10,13H,11-12H2,1-2H3,(H,23,26)(H,27,28). The first kappa shape index (κ1) is 19.5. The highest BCUT2D eigenvalue weighted by Crippen LogP contribution is 2.29. The van der Waals surface area contributed by atoms with Gasteiger partial charge in [0.2, 0.25) is 11.8 Å². The summed E-state index contributed by atoms with van der Waals surface area (Å²) in [6, 6.07) is 12.5. The summed E-state index contributed by atoms with van der Waals surface area (Å²) in [5.41, 5.74) is 0.246. The van der Waals surface area contributed by atoms with Crippen molar-refractivity contribution in [3.8, 4) is 0 Å². The summed E-state index contributed by atoms with van der Waals surface area (Å²) < 4.78 is 13.9. The summed E-state index contributed by atoms with van der Waals surface area (Å²) in [6.45, 7) is 3.31. The fourth-order valence-corrected chi connectivity index (χ4v) is 3.12. The molecule has 0 aromatic heterocycles. The summed E-state index contributed by atoms with van der Waals surface area (Å²) in [7, 11) is 0. The Morgan fingerprint density at radius 1 is 1.14 bits per heavy atom. The summed E-state index contributed by atoms with van der Waals surface area (Å²) in [5, 5.41) is 12.0. The second-order valence-electron chi connectivity index (χ2n) is 7.35. The number of carbonyl (C=O) groups is 3. The predicted molar refractivity (Wildman–Crippen MR) is 103 cm³/mol. The maximum atomic E-state index is 13.9. The average Bonchev–Trinajstić information content (AvgIpc) is 3.04. The molecule has 0 bridgehead atoms. The van der Waals surface area contributed by atoms with Crippen LogP contribution < -0.4 is 10.2 Å². The van der Waals surface area contributed by atoms with Gasteiger partial charge in [-0.15, -0.1) is 0 Å². The minimum Gasteiger partial charge on any atom is -0.481 e. The lowest BCUT2D eigenvalue weighted by atomic mass is 9.85. The Hall–Kier alpha value is -3.22. The van der Waals surface area contributed by atoms with Gasteiger partial charge in [-0.3, -0.25) is 14.4 Å². The quantitative estimate of drug-likeness (QED) is 0.829. The number of carboxylic acid groups (broad SMARTS) is 1. The number of anilines is 2. The minimum absolute atomic E-state index is 0.00426. The number of halogens is 1. The highest BCUT2D eigenvalue weighted by molar-refractivity contribution is 6.03. The molecule has 2 N–H and O–H groups in total. The number of para-hydroxylation sites is 1.